The SMILES string of the molecule is Br.CCCCCCCCCCCCCCOc1cc(CN(C(=O)CC)c2cccc(CN3C=C(C)SC3)c2)ccc1OC. The molecule has 1 aliphatic rings. The average Bonchev–Trinajstić information content (AvgIpc) is 3.42. The molecule has 2 aromatic carbocycles. The van der Waals surface area contributed by atoms with Crippen LogP contribution in [-0.4, -0.2) is 30.4 Å². The largest absolute Gasteiger partial charge is 0.493 e. The highest BCUT2D eigenvalue weighted by Gasteiger charge is 2.18. The van der Waals surface area contributed by atoms with E-state index in [1.165, 1.54) is 81.1 Å². The minimum absolute atomic E-state index is 0. The van der Waals surface area contributed by atoms with Gasteiger partial charge in [0.1, 0.15) is 0 Å². The second-order valence-electron chi connectivity index (χ2n) is 11.5. The third-order valence-electron chi connectivity index (χ3n) is 7.86. The Morgan fingerprint density at radius 2 is 1.53 bits per heavy atom. The van der Waals surface area contributed by atoms with Gasteiger partial charge in [-0.3, -0.25) is 4.79 Å². The molecule has 2 aromatic rings. The van der Waals surface area contributed by atoms with Crippen molar-refractivity contribution in [1.82, 2.24) is 4.90 Å². The molecule has 43 heavy (non-hydrogen) atoms. The van der Waals surface area contributed by atoms with E-state index in [2.05, 4.69) is 43.1 Å². The van der Waals surface area contributed by atoms with Crippen LogP contribution in [0.2, 0.25) is 0 Å². The molecule has 0 bridgehead atoms. The topological polar surface area (TPSA) is 42.0 Å². The number of benzene rings is 2. The minimum Gasteiger partial charge on any atom is -0.493 e. The summed E-state index contributed by atoms with van der Waals surface area (Å²) in [6.07, 6.45) is 18.6. The predicted molar refractivity (Wildman–Crippen MR) is 190 cm³/mol. The van der Waals surface area contributed by atoms with Gasteiger partial charge in [-0.25, -0.2) is 0 Å². The van der Waals surface area contributed by atoms with E-state index in [4.69, 9.17) is 9.47 Å². The Bertz CT molecular complexity index is 1110. The van der Waals surface area contributed by atoms with Gasteiger partial charge in [0.15, 0.2) is 11.5 Å². The van der Waals surface area contributed by atoms with Gasteiger partial charge in [-0.2, -0.15) is 0 Å². The number of amides is 1. The highest BCUT2D eigenvalue weighted by molar-refractivity contribution is 8.93. The van der Waals surface area contributed by atoms with Crippen molar-refractivity contribution < 1.29 is 14.3 Å². The molecule has 0 spiro atoms. The number of anilines is 1. The van der Waals surface area contributed by atoms with Gasteiger partial charge in [0, 0.05) is 24.9 Å². The van der Waals surface area contributed by atoms with Gasteiger partial charge in [-0.15, -0.1) is 28.7 Å². The van der Waals surface area contributed by atoms with Gasteiger partial charge < -0.3 is 19.3 Å². The molecule has 1 heterocycles. The van der Waals surface area contributed by atoms with Crippen LogP contribution in [0.25, 0.3) is 0 Å². The number of rotatable bonds is 21. The highest BCUT2D eigenvalue weighted by Crippen LogP contribution is 2.31. The molecule has 0 saturated carbocycles. The van der Waals surface area contributed by atoms with Gasteiger partial charge >= 0.3 is 0 Å². The molecular formula is C36H55BrN2O3S. The maximum Gasteiger partial charge on any atom is 0.227 e. The van der Waals surface area contributed by atoms with Gasteiger partial charge in [0.25, 0.3) is 0 Å². The molecule has 0 N–H and O–H groups in total. The number of ether oxygens (including phenoxy) is 2. The predicted octanol–water partition coefficient (Wildman–Crippen LogP) is 10.7. The summed E-state index contributed by atoms with van der Waals surface area (Å²) in [4.78, 5) is 18.6. The summed E-state index contributed by atoms with van der Waals surface area (Å²) in [5.74, 6) is 2.57. The number of allylic oxidation sites excluding steroid dienone is 1. The lowest BCUT2D eigenvalue weighted by Crippen LogP contribution is -2.29. The quantitative estimate of drug-likeness (QED) is 0.123. The number of halogens is 1. The lowest BCUT2D eigenvalue weighted by atomic mass is 10.1. The summed E-state index contributed by atoms with van der Waals surface area (Å²) in [5.41, 5.74) is 3.16. The first kappa shape index (κ1) is 37.1. The second-order valence-corrected chi connectivity index (χ2v) is 12.7. The molecule has 0 saturated heterocycles. The summed E-state index contributed by atoms with van der Waals surface area (Å²) in [5, 5.41) is 0. The van der Waals surface area contributed by atoms with Crippen molar-refractivity contribution in [2.45, 2.75) is 117 Å². The van der Waals surface area contributed by atoms with E-state index in [0.717, 1.165) is 41.6 Å². The Hall–Kier alpha value is -2.12. The zero-order valence-electron chi connectivity index (χ0n) is 27.1. The zero-order valence-corrected chi connectivity index (χ0v) is 29.6. The fourth-order valence-corrected chi connectivity index (χ4v) is 6.18. The van der Waals surface area contributed by atoms with Crippen molar-refractivity contribution >= 4 is 40.3 Å². The van der Waals surface area contributed by atoms with E-state index < -0.39 is 0 Å². The van der Waals surface area contributed by atoms with E-state index in [0.29, 0.717) is 19.6 Å². The molecule has 3 rings (SSSR count). The van der Waals surface area contributed by atoms with Crippen LogP contribution < -0.4 is 14.4 Å². The molecule has 1 aliphatic heterocycles. The van der Waals surface area contributed by atoms with Crippen molar-refractivity contribution in [3.63, 3.8) is 0 Å². The fourth-order valence-electron chi connectivity index (χ4n) is 5.42. The van der Waals surface area contributed by atoms with Crippen molar-refractivity contribution in [3.05, 3.63) is 64.7 Å². The molecule has 0 radical (unpaired) electrons. The van der Waals surface area contributed by atoms with Crippen LogP contribution in [0.15, 0.2) is 53.6 Å². The van der Waals surface area contributed by atoms with E-state index in [9.17, 15) is 4.79 Å². The van der Waals surface area contributed by atoms with E-state index >= 15 is 0 Å². The number of unbranched alkanes of at least 4 members (excludes halogenated alkanes) is 11. The normalized spacial score (nSPS) is 12.6. The van der Waals surface area contributed by atoms with E-state index in [-0.39, 0.29) is 22.9 Å². The van der Waals surface area contributed by atoms with Gasteiger partial charge in [-0.05, 0) is 53.6 Å². The maximum absolute atomic E-state index is 13.1. The van der Waals surface area contributed by atoms with Gasteiger partial charge in [0.05, 0.1) is 26.1 Å². The Labute approximate surface area is 276 Å². The first-order chi connectivity index (χ1) is 20.5. The molecule has 0 fully saturated rings. The van der Waals surface area contributed by atoms with Crippen molar-refractivity contribution in [2.75, 3.05) is 24.5 Å². The first-order valence-electron chi connectivity index (χ1n) is 16.3. The summed E-state index contributed by atoms with van der Waals surface area (Å²) in [6.45, 7) is 8.36. The lowest BCUT2D eigenvalue weighted by molar-refractivity contribution is -0.118. The van der Waals surface area contributed by atoms with E-state index in [1.54, 1.807) is 7.11 Å². The Morgan fingerprint density at radius 1 is 0.860 bits per heavy atom. The van der Waals surface area contributed by atoms with Crippen LogP contribution in [0.5, 0.6) is 11.5 Å². The molecule has 0 unspecified atom stereocenters. The third-order valence-corrected chi connectivity index (χ3v) is 8.88. The Kier molecular flexibility index (Phi) is 18.6. The Morgan fingerprint density at radius 3 is 2.14 bits per heavy atom. The molecule has 0 aromatic heterocycles. The van der Waals surface area contributed by atoms with Crippen LogP contribution in [0.1, 0.15) is 115 Å². The van der Waals surface area contributed by atoms with Crippen molar-refractivity contribution in [2.24, 2.45) is 0 Å². The number of carbonyl (C=O) groups excluding carboxylic acids is 1. The molecule has 240 valence electrons. The number of thioether (sulfide) groups is 1. The standard InChI is InChI=1S/C36H54N2O3S.BrH/c1-5-7-8-9-10-11-12-13-14-15-16-17-23-41-35-25-32(21-22-34(35)40-4)28-38(36(39)6-2)33-20-18-19-31(24-33)27-37-26-30(3)42-29-37;/h18-22,24-26H,5-17,23,27-29H2,1-4H3;1H. The van der Waals surface area contributed by atoms with Gasteiger partial charge in [-0.1, -0.05) is 103 Å². The molecule has 5 nitrogen and oxygen atoms in total. The average molecular weight is 676 g/mol. The second kappa shape index (κ2) is 21.6. The summed E-state index contributed by atoms with van der Waals surface area (Å²) in [7, 11) is 1.68. The van der Waals surface area contributed by atoms with Crippen LogP contribution in [0, 0.1) is 0 Å². The summed E-state index contributed by atoms with van der Waals surface area (Å²) in [6, 6.07) is 14.4. The number of hydrogen-bond donors (Lipinski definition) is 0. The molecule has 0 atom stereocenters. The van der Waals surface area contributed by atoms with Crippen LogP contribution in [0.4, 0.5) is 5.69 Å². The lowest BCUT2D eigenvalue weighted by Gasteiger charge is -2.24. The third kappa shape index (κ3) is 13.6. The van der Waals surface area contributed by atoms with Crippen LogP contribution in [-0.2, 0) is 17.9 Å². The van der Waals surface area contributed by atoms with Crippen molar-refractivity contribution in [3.8, 4) is 11.5 Å². The minimum atomic E-state index is 0. The Balaban J connectivity index is 0.00000645. The van der Waals surface area contributed by atoms with Gasteiger partial charge in [0.2, 0.25) is 5.91 Å². The number of methoxy groups -OCH3 is 1. The molecule has 7 heteroatoms. The maximum atomic E-state index is 13.1. The molecular weight excluding hydrogens is 620 g/mol. The number of nitrogens with zero attached hydrogens (tertiary/aromatic N) is 2. The van der Waals surface area contributed by atoms with Crippen molar-refractivity contribution in [1.29, 1.82) is 0 Å². The fraction of sp³-hybridized carbons (Fsp3) is 0.583. The summed E-state index contributed by atoms with van der Waals surface area (Å²) < 4.78 is 11.8. The highest BCUT2D eigenvalue weighted by atomic mass is 79.9. The van der Waals surface area contributed by atoms with E-state index in [1.807, 2.05) is 47.9 Å². The zero-order chi connectivity index (χ0) is 30.0. The monoisotopic (exact) mass is 674 g/mol. The summed E-state index contributed by atoms with van der Waals surface area (Å²) >= 11 is 1.86. The number of carbonyl (C=O) groups is 1. The van der Waals surface area contributed by atoms with Crippen LogP contribution >= 0.6 is 28.7 Å². The molecule has 1 amide bonds. The molecule has 0 aliphatic carbocycles. The first-order valence-corrected chi connectivity index (χ1v) is 17.3. The van der Waals surface area contributed by atoms with Crippen LogP contribution in [0.3, 0.4) is 0 Å². The number of hydrogen-bond acceptors (Lipinski definition) is 5. The smallest absolute Gasteiger partial charge is 0.227 e.